The van der Waals surface area contributed by atoms with Gasteiger partial charge in [0, 0.05) is 11.4 Å². The maximum absolute atomic E-state index is 8.91. The van der Waals surface area contributed by atoms with Crippen molar-refractivity contribution in [2.24, 2.45) is 0 Å². The molecule has 3 rings (SSSR count). The van der Waals surface area contributed by atoms with Crippen molar-refractivity contribution in [1.29, 1.82) is 5.26 Å². The molecule has 0 aliphatic carbocycles. The van der Waals surface area contributed by atoms with Gasteiger partial charge in [-0.3, -0.25) is 4.98 Å². The molecule has 0 fully saturated rings. The summed E-state index contributed by atoms with van der Waals surface area (Å²) in [5.74, 6) is 0. The quantitative estimate of drug-likeness (QED) is 0.622. The van der Waals surface area contributed by atoms with Gasteiger partial charge in [-0.1, -0.05) is 18.2 Å². The number of aryl methyl sites for hydroxylation is 2. The molecule has 0 saturated heterocycles. The smallest absolute Gasteiger partial charge is 0.140 e. The fourth-order valence-corrected chi connectivity index (χ4v) is 2.97. The molecule has 5 heteroatoms. The van der Waals surface area contributed by atoms with Gasteiger partial charge < -0.3 is 0 Å². The van der Waals surface area contributed by atoms with E-state index in [-0.39, 0.29) is 0 Å². The molecule has 0 saturated carbocycles. The van der Waals surface area contributed by atoms with Crippen LogP contribution in [-0.2, 0) is 12.8 Å². The minimum absolute atomic E-state index is 0.470. The Hall–Kier alpha value is -2.71. The van der Waals surface area contributed by atoms with Crippen LogP contribution in [0.4, 0.5) is 0 Å². The average molecular weight is 346 g/mol. The van der Waals surface area contributed by atoms with Crippen LogP contribution in [0.25, 0.3) is 11.4 Å². The van der Waals surface area contributed by atoms with Gasteiger partial charge in [-0.2, -0.15) is 5.26 Å². The lowest BCUT2D eigenvalue weighted by Crippen LogP contribution is -1.97. The highest BCUT2D eigenvalue weighted by Gasteiger charge is 2.05. The lowest BCUT2D eigenvalue weighted by molar-refractivity contribution is 0.780. The van der Waals surface area contributed by atoms with Crippen molar-refractivity contribution in [2.45, 2.75) is 24.3 Å². The SMILES string of the molecule is CSc1cccc(-c2cccc(CCCc3cccc(C#N)n3)n2)n1. The second kappa shape index (κ2) is 8.41. The first kappa shape index (κ1) is 17.1. The Balaban J connectivity index is 1.66. The Morgan fingerprint density at radius 2 is 1.48 bits per heavy atom. The molecule has 0 bridgehead atoms. The molecule has 0 amide bonds. The third kappa shape index (κ3) is 4.65. The van der Waals surface area contributed by atoms with Crippen molar-refractivity contribution < 1.29 is 0 Å². The molecule has 0 aliphatic rings. The highest BCUT2D eigenvalue weighted by molar-refractivity contribution is 7.98. The molecule has 0 aromatic carbocycles. The summed E-state index contributed by atoms with van der Waals surface area (Å²) in [5.41, 5.74) is 4.27. The third-order valence-corrected chi connectivity index (χ3v) is 4.43. The summed E-state index contributed by atoms with van der Waals surface area (Å²) in [7, 11) is 0. The topological polar surface area (TPSA) is 62.5 Å². The van der Waals surface area contributed by atoms with Gasteiger partial charge in [0.1, 0.15) is 11.8 Å². The van der Waals surface area contributed by atoms with Crippen molar-refractivity contribution in [3.63, 3.8) is 0 Å². The van der Waals surface area contributed by atoms with Gasteiger partial charge in [-0.05, 0) is 61.9 Å². The van der Waals surface area contributed by atoms with E-state index in [4.69, 9.17) is 10.2 Å². The van der Waals surface area contributed by atoms with E-state index in [0.717, 1.165) is 47.1 Å². The summed E-state index contributed by atoms with van der Waals surface area (Å²) in [5, 5.41) is 9.91. The molecule has 0 aliphatic heterocycles. The molecule has 124 valence electrons. The molecule has 3 aromatic heterocycles. The van der Waals surface area contributed by atoms with E-state index in [2.05, 4.69) is 16.0 Å². The normalized spacial score (nSPS) is 10.4. The van der Waals surface area contributed by atoms with Gasteiger partial charge in [0.05, 0.1) is 16.4 Å². The number of nitriles is 1. The molecule has 0 N–H and O–H groups in total. The zero-order valence-electron chi connectivity index (χ0n) is 14.0. The molecule has 0 radical (unpaired) electrons. The molecule has 3 heterocycles. The van der Waals surface area contributed by atoms with E-state index in [9.17, 15) is 0 Å². The fourth-order valence-electron chi connectivity index (χ4n) is 2.56. The summed E-state index contributed by atoms with van der Waals surface area (Å²) in [6.45, 7) is 0. The predicted molar refractivity (Wildman–Crippen MR) is 100 cm³/mol. The highest BCUT2D eigenvalue weighted by Crippen LogP contribution is 2.19. The van der Waals surface area contributed by atoms with Crippen LogP contribution in [-0.4, -0.2) is 21.2 Å². The standard InChI is InChI=1S/C20H18N4S/c1-25-20-13-5-12-19(24-20)18-11-4-9-16(23-18)8-2-6-15-7-3-10-17(14-21)22-15/h3-5,7,9-13H,2,6,8H2,1H3. The van der Waals surface area contributed by atoms with Gasteiger partial charge in [0.2, 0.25) is 0 Å². The van der Waals surface area contributed by atoms with Crippen molar-refractivity contribution >= 4 is 11.8 Å². The second-order valence-electron chi connectivity index (χ2n) is 5.56. The van der Waals surface area contributed by atoms with Gasteiger partial charge in [0.25, 0.3) is 0 Å². The summed E-state index contributed by atoms with van der Waals surface area (Å²) in [6, 6.07) is 19.7. The second-order valence-corrected chi connectivity index (χ2v) is 6.39. The number of aromatic nitrogens is 3. The average Bonchev–Trinajstić information content (AvgIpc) is 2.68. The number of hydrogen-bond acceptors (Lipinski definition) is 5. The first-order valence-electron chi connectivity index (χ1n) is 8.12. The molecule has 4 nitrogen and oxygen atoms in total. The molecule has 0 atom stereocenters. The van der Waals surface area contributed by atoms with Gasteiger partial charge in [-0.15, -0.1) is 11.8 Å². The van der Waals surface area contributed by atoms with E-state index < -0.39 is 0 Å². The fraction of sp³-hybridized carbons (Fsp3) is 0.200. The Morgan fingerprint density at radius 3 is 2.20 bits per heavy atom. The van der Waals surface area contributed by atoms with Crippen molar-refractivity contribution in [2.75, 3.05) is 6.26 Å². The van der Waals surface area contributed by atoms with E-state index in [1.54, 1.807) is 17.8 Å². The summed E-state index contributed by atoms with van der Waals surface area (Å²) in [6.07, 6.45) is 4.66. The van der Waals surface area contributed by atoms with Crippen LogP contribution in [0.2, 0.25) is 0 Å². The van der Waals surface area contributed by atoms with Crippen molar-refractivity contribution in [1.82, 2.24) is 15.0 Å². The van der Waals surface area contributed by atoms with Gasteiger partial charge >= 0.3 is 0 Å². The Kier molecular flexibility index (Phi) is 5.76. The Morgan fingerprint density at radius 1 is 0.840 bits per heavy atom. The molecule has 0 unspecified atom stereocenters. The molecule has 25 heavy (non-hydrogen) atoms. The number of nitrogens with zero attached hydrogens (tertiary/aromatic N) is 4. The maximum atomic E-state index is 8.91. The summed E-state index contributed by atoms with van der Waals surface area (Å²) < 4.78 is 0. The van der Waals surface area contributed by atoms with Crippen LogP contribution in [0, 0.1) is 11.3 Å². The first-order valence-corrected chi connectivity index (χ1v) is 9.34. The molecular weight excluding hydrogens is 328 g/mol. The minimum Gasteiger partial charge on any atom is -0.251 e. The third-order valence-electron chi connectivity index (χ3n) is 3.79. The lowest BCUT2D eigenvalue weighted by Gasteiger charge is -2.06. The van der Waals surface area contributed by atoms with Crippen LogP contribution >= 0.6 is 11.8 Å². The van der Waals surface area contributed by atoms with Crippen LogP contribution in [0.15, 0.2) is 59.6 Å². The number of hydrogen-bond donors (Lipinski definition) is 0. The Bertz CT molecular complexity index is 902. The molecular formula is C20H18N4S. The lowest BCUT2D eigenvalue weighted by atomic mass is 10.1. The van der Waals surface area contributed by atoms with Gasteiger partial charge in [-0.25, -0.2) is 9.97 Å². The zero-order chi connectivity index (χ0) is 17.5. The number of thioether (sulfide) groups is 1. The van der Waals surface area contributed by atoms with Crippen LogP contribution in [0.1, 0.15) is 23.5 Å². The maximum Gasteiger partial charge on any atom is 0.140 e. The van der Waals surface area contributed by atoms with Crippen molar-refractivity contribution in [3.05, 3.63) is 71.7 Å². The Labute approximate surface area is 152 Å². The minimum atomic E-state index is 0.470. The summed E-state index contributed by atoms with van der Waals surface area (Å²) in [4.78, 5) is 13.7. The highest BCUT2D eigenvalue weighted by atomic mass is 32.2. The van der Waals surface area contributed by atoms with E-state index in [1.165, 1.54) is 0 Å². The largest absolute Gasteiger partial charge is 0.251 e. The van der Waals surface area contributed by atoms with E-state index in [0.29, 0.717) is 5.69 Å². The number of rotatable bonds is 6. The van der Waals surface area contributed by atoms with Crippen LogP contribution in [0.5, 0.6) is 0 Å². The molecule has 0 spiro atoms. The van der Waals surface area contributed by atoms with Crippen molar-refractivity contribution in [3.8, 4) is 17.5 Å². The van der Waals surface area contributed by atoms with Crippen LogP contribution in [0.3, 0.4) is 0 Å². The first-order chi connectivity index (χ1) is 12.3. The summed E-state index contributed by atoms with van der Waals surface area (Å²) >= 11 is 1.63. The predicted octanol–water partition coefficient (Wildman–Crippen LogP) is 4.31. The van der Waals surface area contributed by atoms with Crippen LogP contribution < -0.4 is 0 Å². The zero-order valence-corrected chi connectivity index (χ0v) is 14.8. The molecule has 3 aromatic rings. The monoisotopic (exact) mass is 346 g/mol. The number of pyridine rings is 3. The van der Waals surface area contributed by atoms with E-state index in [1.807, 2.05) is 54.8 Å². The van der Waals surface area contributed by atoms with E-state index >= 15 is 0 Å². The van der Waals surface area contributed by atoms with Gasteiger partial charge in [0.15, 0.2) is 0 Å².